The van der Waals surface area contributed by atoms with Gasteiger partial charge < -0.3 is 0 Å². The van der Waals surface area contributed by atoms with Crippen LogP contribution in [0, 0.1) is 0 Å². The maximum Gasteiger partial charge on any atom is 0.155 e. The number of carbonyl (C=O) groups is 1. The van der Waals surface area contributed by atoms with Gasteiger partial charge in [0.05, 0.1) is 0 Å². The van der Waals surface area contributed by atoms with E-state index < -0.39 is 0 Å². The summed E-state index contributed by atoms with van der Waals surface area (Å²) in [6.07, 6.45) is 6.29. The number of benzene rings is 2. The molecule has 0 heterocycles. The van der Waals surface area contributed by atoms with Crippen molar-refractivity contribution in [3.63, 3.8) is 0 Å². The predicted molar refractivity (Wildman–Crippen MR) is 77.5 cm³/mol. The van der Waals surface area contributed by atoms with Crippen molar-refractivity contribution in [2.24, 2.45) is 0 Å². The van der Waals surface area contributed by atoms with Crippen molar-refractivity contribution in [1.29, 1.82) is 0 Å². The third-order valence-corrected chi connectivity index (χ3v) is 3.01. The van der Waals surface area contributed by atoms with Crippen LogP contribution < -0.4 is 0 Å². The van der Waals surface area contributed by atoms with Gasteiger partial charge in [-0.05, 0) is 34.9 Å². The molecular weight excluding hydrogens is 220 g/mol. The van der Waals surface area contributed by atoms with E-state index in [1.807, 2.05) is 24.3 Å². The van der Waals surface area contributed by atoms with Gasteiger partial charge in [0, 0.05) is 6.42 Å². The summed E-state index contributed by atoms with van der Waals surface area (Å²) in [6, 6.07) is 14.5. The number of rotatable bonds is 5. The highest BCUT2D eigenvalue weighted by Crippen LogP contribution is 2.16. The van der Waals surface area contributed by atoms with Gasteiger partial charge in [-0.2, -0.15) is 0 Å². The van der Waals surface area contributed by atoms with Crippen LogP contribution in [0.15, 0.2) is 48.5 Å². The third-order valence-electron chi connectivity index (χ3n) is 3.01. The summed E-state index contributed by atoms with van der Waals surface area (Å²) in [7, 11) is 0. The number of unbranched alkanes of at least 4 members (excludes halogenated alkanes) is 1. The van der Waals surface area contributed by atoms with E-state index in [9.17, 15) is 4.79 Å². The van der Waals surface area contributed by atoms with E-state index >= 15 is 0 Å². The predicted octanol–water partition coefficient (Wildman–Crippen LogP) is 4.61. The number of fused-ring (bicyclic) bond motifs is 1. The lowest BCUT2D eigenvalue weighted by atomic mass is 10.1. The first kappa shape index (κ1) is 12.6. The first-order chi connectivity index (χ1) is 8.79. The largest absolute Gasteiger partial charge is 0.295 e. The van der Waals surface area contributed by atoms with Crippen LogP contribution >= 0.6 is 0 Å². The lowest BCUT2D eigenvalue weighted by molar-refractivity contribution is -0.114. The molecule has 2 rings (SSSR count). The maximum absolute atomic E-state index is 11.6. The Morgan fingerprint density at radius 2 is 1.89 bits per heavy atom. The Balaban J connectivity index is 2.12. The molecule has 0 amide bonds. The van der Waals surface area contributed by atoms with Crippen LogP contribution in [0.1, 0.15) is 31.7 Å². The van der Waals surface area contributed by atoms with Gasteiger partial charge in [0.25, 0.3) is 0 Å². The van der Waals surface area contributed by atoms with E-state index in [1.54, 1.807) is 6.08 Å². The van der Waals surface area contributed by atoms with Crippen molar-refractivity contribution in [2.45, 2.75) is 26.2 Å². The molecule has 0 saturated heterocycles. The lowest BCUT2D eigenvalue weighted by Crippen LogP contribution is -1.91. The van der Waals surface area contributed by atoms with Crippen LogP contribution in [0.25, 0.3) is 16.8 Å². The minimum atomic E-state index is 0.213. The number of hydrogen-bond donors (Lipinski definition) is 0. The van der Waals surface area contributed by atoms with Crippen molar-refractivity contribution in [2.75, 3.05) is 0 Å². The summed E-state index contributed by atoms with van der Waals surface area (Å²) < 4.78 is 0. The molecule has 0 saturated carbocycles. The average molecular weight is 238 g/mol. The summed E-state index contributed by atoms with van der Waals surface area (Å²) >= 11 is 0. The Bertz CT molecular complexity index is 567. The summed E-state index contributed by atoms with van der Waals surface area (Å²) in [5, 5.41) is 2.44. The van der Waals surface area contributed by atoms with Crippen LogP contribution in [-0.2, 0) is 4.79 Å². The fraction of sp³-hybridized carbons (Fsp3) is 0.235. The van der Waals surface area contributed by atoms with Gasteiger partial charge >= 0.3 is 0 Å². The van der Waals surface area contributed by atoms with Crippen molar-refractivity contribution in [1.82, 2.24) is 0 Å². The molecule has 0 unspecified atom stereocenters. The van der Waals surface area contributed by atoms with Crippen LogP contribution in [0.4, 0.5) is 0 Å². The fourth-order valence-corrected chi connectivity index (χ4v) is 1.93. The maximum atomic E-state index is 11.6. The van der Waals surface area contributed by atoms with Gasteiger partial charge in [-0.15, -0.1) is 0 Å². The number of hydrogen-bond acceptors (Lipinski definition) is 1. The highest BCUT2D eigenvalue weighted by molar-refractivity contribution is 5.94. The molecule has 0 aliphatic carbocycles. The van der Waals surface area contributed by atoms with Crippen LogP contribution in [0.5, 0.6) is 0 Å². The molecule has 0 spiro atoms. The molecule has 2 aromatic rings. The molecule has 0 radical (unpaired) electrons. The Morgan fingerprint density at radius 3 is 2.67 bits per heavy atom. The summed E-state index contributed by atoms with van der Waals surface area (Å²) in [6.45, 7) is 2.10. The third kappa shape index (κ3) is 3.30. The molecule has 18 heavy (non-hydrogen) atoms. The zero-order valence-electron chi connectivity index (χ0n) is 10.7. The molecule has 0 atom stereocenters. The molecule has 0 aromatic heterocycles. The molecule has 0 aliphatic heterocycles. The molecule has 92 valence electrons. The van der Waals surface area contributed by atoms with Crippen molar-refractivity contribution in [3.8, 4) is 0 Å². The van der Waals surface area contributed by atoms with Crippen molar-refractivity contribution < 1.29 is 4.79 Å². The molecule has 1 nitrogen and oxygen atoms in total. The van der Waals surface area contributed by atoms with E-state index in [0.29, 0.717) is 6.42 Å². The monoisotopic (exact) mass is 238 g/mol. The van der Waals surface area contributed by atoms with Gasteiger partial charge in [0.15, 0.2) is 5.78 Å². The van der Waals surface area contributed by atoms with Gasteiger partial charge in [0.2, 0.25) is 0 Å². The normalized spacial score (nSPS) is 11.2. The first-order valence-electron chi connectivity index (χ1n) is 6.49. The Kier molecular flexibility index (Phi) is 4.30. The van der Waals surface area contributed by atoms with Gasteiger partial charge in [-0.25, -0.2) is 0 Å². The van der Waals surface area contributed by atoms with Crippen molar-refractivity contribution in [3.05, 3.63) is 54.1 Å². The van der Waals surface area contributed by atoms with E-state index in [2.05, 4.69) is 31.2 Å². The zero-order chi connectivity index (χ0) is 12.8. The highest BCUT2D eigenvalue weighted by atomic mass is 16.1. The van der Waals surface area contributed by atoms with Gasteiger partial charge in [-0.3, -0.25) is 4.79 Å². The quantitative estimate of drug-likeness (QED) is 0.695. The Labute approximate surface area is 108 Å². The van der Waals surface area contributed by atoms with E-state index in [1.165, 1.54) is 10.8 Å². The molecule has 0 fully saturated rings. The lowest BCUT2D eigenvalue weighted by Gasteiger charge is -1.99. The number of carbonyl (C=O) groups excluding carboxylic acids is 1. The Hall–Kier alpha value is -1.89. The van der Waals surface area contributed by atoms with Crippen LogP contribution in [0.3, 0.4) is 0 Å². The second-order valence-electron chi connectivity index (χ2n) is 4.51. The Morgan fingerprint density at radius 1 is 1.11 bits per heavy atom. The number of ketones is 1. The second kappa shape index (κ2) is 6.15. The zero-order valence-corrected chi connectivity index (χ0v) is 10.7. The molecule has 1 heteroatoms. The second-order valence-corrected chi connectivity index (χ2v) is 4.51. The molecule has 0 bridgehead atoms. The fourth-order valence-electron chi connectivity index (χ4n) is 1.93. The van der Waals surface area contributed by atoms with E-state index in [-0.39, 0.29) is 5.78 Å². The minimum Gasteiger partial charge on any atom is -0.295 e. The first-order valence-corrected chi connectivity index (χ1v) is 6.49. The summed E-state index contributed by atoms with van der Waals surface area (Å²) in [5.74, 6) is 0.213. The average Bonchev–Trinajstić information content (AvgIpc) is 2.42. The highest BCUT2D eigenvalue weighted by Gasteiger charge is 1.96. The van der Waals surface area contributed by atoms with Crippen molar-refractivity contribution >= 4 is 22.6 Å². The van der Waals surface area contributed by atoms with Crippen LogP contribution in [-0.4, -0.2) is 5.78 Å². The number of allylic oxidation sites excluding steroid dienone is 1. The van der Waals surface area contributed by atoms with Gasteiger partial charge in [-0.1, -0.05) is 55.8 Å². The topological polar surface area (TPSA) is 17.1 Å². The molecule has 2 aromatic carbocycles. The molecule has 0 aliphatic rings. The summed E-state index contributed by atoms with van der Waals surface area (Å²) in [5.41, 5.74) is 1.08. The summed E-state index contributed by atoms with van der Waals surface area (Å²) in [4.78, 5) is 11.6. The van der Waals surface area contributed by atoms with E-state index in [4.69, 9.17) is 0 Å². The molecular formula is C17H18O. The SMILES string of the molecule is CCCCC(=O)C=Cc1ccc2ccccc2c1. The minimum absolute atomic E-state index is 0.213. The smallest absolute Gasteiger partial charge is 0.155 e. The van der Waals surface area contributed by atoms with Crippen LogP contribution in [0.2, 0.25) is 0 Å². The van der Waals surface area contributed by atoms with E-state index in [0.717, 1.165) is 18.4 Å². The van der Waals surface area contributed by atoms with Gasteiger partial charge in [0.1, 0.15) is 0 Å². The standard InChI is InChI=1S/C17H18O/c1-2-3-8-17(18)12-10-14-9-11-15-6-4-5-7-16(15)13-14/h4-7,9-13H,2-3,8H2,1H3. The molecule has 0 N–H and O–H groups in total.